The normalized spacial score (nSPS) is 22.2. The monoisotopic (exact) mass is 351 g/mol. The molecule has 6 heteroatoms. The van der Waals surface area contributed by atoms with Gasteiger partial charge in [-0.25, -0.2) is 8.42 Å². The van der Waals surface area contributed by atoms with Crippen molar-refractivity contribution in [2.45, 2.75) is 44.4 Å². The molecule has 1 aromatic carbocycles. The van der Waals surface area contributed by atoms with E-state index in [9.17, 15) is 18.3 Å². The van der Waals surface area contributed by atoms with Crippen LogP contribution in [0.5, 0.6) is 5.75 Å². The first-order valence-electron chi connectivity index (χ1n) is 8.45. The largest absolute Gasteiger partial charge is 0.508 e. The fourth-order valence-electron chi connectivity index (χ4n) is 3.37. The highest BCUT2D eigenvalue weighted by atomic mass is 32.2. The molecular weight excluding hydrogens is 326 g/mol. The zero-order valence-electron chi connectivity index (χ0n) is 14.3. The van der Waals surface area contributed by atoms with Crippen LogP contribution in [-0.2, 0) is 14.6 Å². The molecule has 1 aromatic rings. The van der Waals surface area contributed by atoms with Gasteiger partial charge in [0.05, 0.1) is 10.6 Å². The molecule has 5 nitrogen and oxygen atoms in total. The highest BCUT2D eigenvalue weighted by Gasteiger charge is 2.48. The molecule has 0 aromatic heterocycles. The number of phenolic OH excluding ortho intramolecular Hbond substituents is 1. The molecule has 0 bridgehead atoms. The molecule has 1 saturated carbocycles. The van der Waals surface area contributed by atoms with Crippen LogP contribution in [0, 0.1) is 10.8 Å². The summed E-state index contributed by atoms with van der Waals surface area (Å²) in [6, 6.07) is 5.68. The van der Waals surface area contributed by atoms with Gasteiger partial charge in [0.1, 0.15) is 5.75 Å². The second-order valence-electron chi connectivity index (χ2n) is 7.92. The molecule has 2 aliphatic rings. The second kappa shape index (κ2) is 5.76. The number of amides is 1. The Hall–Kier alpha value is -1.56. The van der Waals surface area contributed by atoms with Crippen molar-refractivity contribution in [1.29, 1.82) is 0 Å². The Kier molecular flexibility index (Phi) is 4.14. The van der Waals surface area contributed by atoms with E-state index in [1.54, 1.807) is 0 Å². The highest BCUT2D eigenvalue weighted by Crippen LogP contribution is 2.47. The van der Waals surface area contributed by atoms with Crippen LogP contribution in [-0.4, -0.2) is 43.2 Å². The van der Waals surface area contributed by atoms with E-state index >= 15 is 0 Å². The van der Waals surface area contributed by atoms with E-state index in [0.717, 1.165) is 12.8 Å². The van der Waals surface area contributed by atoms with Crippen LogP contribution in [0.2, 0.25) is 0 Å². The number of carbonyl (C=O) groups is 1. The minimum Gasteiger partial charge on any atom is -0.508 e. The van der Waals surface area contributed by atoms with Crippen molar-refractivity contribution in [2.75, 3.05) is 18.8 Å². The van der Waals surface area contributed by atoms with Gasteiger partial charge >= 0.3 is 0 Å². The number of rotatable bonds is 4. The van der Waals surface area contributed by atoms with Crippen LogP contribution in [0.3, 0.4) is 0 Å². The molecule has 1 saturated heterocycles. The van der Waals surface area contributed by atoms with Crippen molar-refractivity contribution in [3.05, 3.63) is 24.3 Å². The summed E-state index contributed by atoms with van der Waals surface area (Å²) < 4.78 is 25.3. The highest BCUT2D eigenvalue weighted by molar-refractivity contribution is 7.91. The molecular formula is C18H25NO4S. The molecule has 24 heavy (non-hydrogen) atoms. The lowest BCUT2D eigenvalue weighted by atomic mass is 9.82. The van der Waals surface area contributed by atoms with Gasteiger partial charge in [0.25, 0.3) is 0 Å². The molecule has 1 aliphatic carbocycles. The Bertz CT molecular complexity index is 727. The van der Waals surface area contributed by atoms with Gasteiger partial charge in [0, 0.05) is 18.5 Å². The van der Waals surface area contributed by atoms with E-state index in [4.69, 9.17) is 0 Å². The summed E-state index contributed by atoms with van der Waals surface area (Å²) >= 11 is 0. The smallest absolute Gasteiger partial charge is 0.228 e. The van der Waals surface area contributed by atoms with E-state index in [2.05, 4.69) is 0 Å². The molecule has 3 rings (SSSR count). The number of hydrogen-bond acceptors (Lipinski definition) is 4. The van der Waals surface area contributed by atoms with Crippen LogP contribution in [0.25, 0.3) is 0 Å². The molecule has 0 radical (unpaired) electrons. The molecule has 1 heterocycles. The Morgan fingerprint density at radius 1 is 1.08 bits per heavy atom. The summed E-state index contributed by atoms with van der Waals surface area (Å²) in [5.41, 5.74) is -0.482. The summed E-state index contributed by atoms with van der Waals surface area (Å²) in [4.78, 5) is 14.6. The van der Waals surface area contributed by atoms with E-state index < -0.39 is 9.84 Å². The summed E-state index contributed by atoms with van der Waals surface area (Å²) in [5.74, 6) is 0.357. The Morgan fingerprint density at radius 2 is 1.62 bits per heavy atom. The zero-order chi connectivity index (χ0) is 17.6. The van der Waals surface area contributed by atoms with E-state index in [1.165, 1.54) is 24.3 Å². The van der Waals surface area contributed by atoms with E-state index in [0.29, 0.717) is 25.9 Å². The first-order chi connectivity index (χ1) is 11.1. The maximum absolute atomic E-state index is 12.6. The lowest BCUT2D eigenvalue weighted by Crippen LogP contribution is -2.46. The number of aromatic hydroxyl groups is 1. The fourth-order valence-corrected chi connectivity index (χ4v) is 5.30. The summed E-state index contributed by atoms with van der Waals surface area (Å²) in [6.07, 6.45) is 3.34. The lowest BCUT2D eigenvalue weighted by Gasteiger charge is -2.40. The number of piperidine rings is 1. The van der Waals surface area contributed by atoms with Crippen LogP contribution in [0.4, 0.5) is 0 Å². The van der Waals surface area contributed by atoms with Crippen molar-refractivity contribution in [1.82, 2.24) is 4.90 Å². The van der Waals surface area contributed by atoms with Gasteiger partial charge in [0.15, 0.2) is 9.84 Å². The minimum absolute atomic E-state index is 0.0561. The number of carbonyl (C=O) groups excluding carboxylic acids is 1. The standard InChI is InChI=1S/C18H25NO4S/c1-17(13-24(22,23)15-5-3-14(20)4-6-15)9-11-19(12-10-17)16(21)18(2)7-8-18/h3-6,20H,7-13H2,1-2H3. The van der Waals surface area contributed by atoms with Crippen LogP contribution >= 0.6 is 0 Å². The number of hydrogen-bond donors (Lipinski definition) is 1. The number of sulfone groups is 1. The Balaban J connectivity index is 1.65. The first kappa shape index (κ1) is 17.3. The maximum Gasteiger partial charge on any atom is 0.228 e. The molecule has 132 valence electrons. The predicted octanol–water partition coefficient (Wildman–Crippen LogP) is 2.59. The van der Waals surface area contributed by atoms with Crippen LogP contribution in [0.15, 0.2) is 29.2 Å². The lowest BCUT2D eigenvalue weighted by molar-refractivity contribution is -0.138. The SMILES string of the molecule is CC1(CS(=O)(=O)c2ccc(O)cc2)CCN(C(=O)C2(C)CC2)CC1. The van der Waals surface area contributed by atoms with Crippen molar-refractivity contribution >= 4 is 15.7 Å². The molecule has 0 unspecified atom stereocenters. The molecule has 1 aliphatic heterocycles. The first-order valence-corrected chi connectivity index (χ1v) is 10.1. The number of likely N-dealkylation sites (tertiary alicyclic amines) is 1. The third-order valence-electron chi connectivity index (χ3n) is 5.51. The third-order valence-corrected chi connectivity index (χ3v) is 7.58. The van der Waals surface area contributed by atoms with E-state index in [-0.39, 0.29) is 33.1 Å². The van der Waals surface area contributed by atoms with Crippen molar-refractivity contribution in [3.8, 4) is 5.75 Å². The van der Waals surface area contributed by atoms with Gasteiger partial charge in [0.2, 0.25) is 5.91 Å². The summed E-state index contributed by atoms with van der Waals surface area (Å²) in [5, 5.41) is 9.31. The second-order valence-corrected chi connectivity index (χ2v) is 9.91. The van der Waals surface area contributed by atoms with Crippen LogP contribution < -0.4 is 0 Å². The number of benzene rings is 1. The number of nitrogens with zero attached hydrogens (tertiary/aromatic N) is 1. The van der Waals surface area contributed by atoms with Gasteiger partial charge in [-0.15, -0.1) is 0 Å². The number of phenols is 1. The minimum atomic E-state index is -3.40. The summed E-state index contributed by atoms with van der Waals surface area (Å²) in [6.45, 7) is 5.27. The average molecular weight is 351 g/mol. The average Bonchev–Trinajstić information content (AvgIpc) is 3.26. The van der Waals surface area contributed by atoms with Crippen molar-refractivity contribution < 1.29 is 18.3 Å². The molecule has 2 fully saturated rings. The van der Waals surface area contributed by atoms with Gasteiger partial charge in [-0.05, 0) is 55.4 Å². The summed E-state index contributed by atoms with van der Waals surface area (Å²) in [7, 11) is -3.40. The quantitative estimate of drug-likeness (QED) is 0.905. The topological polar surface area (TPSA) is 74.7 Å². The Morgan fingerprint density at radius 3 is 2.12 bits per heavy atom. The predicted molar refractivity (Wildman–Crippen MR) is 91.4 cm³/mol. The molecule has 0 spiro atoms. The van der Waals surface area contributed by atoms with Gasteiger partial charge < -0.3 is 10.0 Å². The fraction of sp³-hybridized carbons (Fsp3) is 0.611. The molecule has 1 N–H and O–H groups in total. The zero-order valence-corrected chi connectivity index (χ0v) is 15.1. The maximum atomic E-state index is 12.6. The van der Waals surface area contributed by atoms with Crippen LogP contribution in [0.1, 0.15) is 39.5 Å². The van der Waals surface area contributed by atoms with E-state index in [1.807, 2.05) is 18.7 Å². The molecule has 0 atom stereocenters. The van der Waals surface area contributed by atoms with Gasteiger partial charge in [-0.3, -0.25) is 4.79 Å². The van der Waals surface area contributed by atoms with Crippen molar-refractivity contribution in [2.24, 2.45) is 10.8 Å². The van der Waals surface area contributed by atoms with Gasteiger partial charge in [-0.1, -0.05) is 13.8 Å². The third kappa shape index (κ3) is 3.43. The Labute approximate surface area is 143 Å². The molecule has 1 amide bonds. The van der Waals surface area contributed by atoms with Crippen molar-refractivity contribution in [3.63, 3.8) is 0 Å². The van der Waals surface area contributed by atoms with Gasteiger partial charge in [-0.2, -0.15) is 0 Å².